The van der Waals surface area contributed by atoms with E-state index in [1.807, 2.05) is 0 Å². The first-order chi connectivity index (χ1) is 15.2. The van der Waals surface area contributed by atoms with Gasteiger partial charge in [-0.1, -0.05) is 0 Å². The lowest BCUT2D eigenvalue weighted by molar-refractivity contribution is -0.139. The zero-order valence-corrected chi connectivity index (χ0v) is 22.1. The molecule has 3 N–H and O–H groups in total. The number of nitrogens with zero attached hydrogens (tertiary/aromatic N) is 3. The summed E-state index contributed by atoms with van der Waals surface area (Å²) >= 11 is 4.19. The summed E-state index contributed by atoms with van der Waals surface area (Å²) in [7, 11) is 0. The van der Waals surface area contributed by atoms with E-state index in [0.29, 0.717) is 65.7 Å². The Morgan fingerprint density at radius 3 is 1.31 bits per heavy atom. The number of carboxylic acids is 3. The van der Waals surface area contributed by atoms with Gasteiger partial charge in [-0.25, -0.2) is 0 Å². The van der Waals surface area contributed by atoms with Crippen LogP contribution in [-0.2, 0) is 28.6 Å². The van der Waals surface area contributed by atoms with E-state index in [0.717, 1.165) is 0 Å². The average Bonchev–Trinajstić information content (AvgIpc) is 2.64. The van der Waals surface area contributed by atoms with Crippen molar-refractivity contribution < 1.29 is 43.9 Å². The van der Waals surface area contributed by atoms with E-state index >= 15 is 0 Å². The van der Waals surface area contributed by atoms with Crippen molar-refractivity contribution in [1.29, 1.82) is 0 Å². The quantitative estimate of drug-likeness (QED) is 0.250. The fourth-order valence-corrected chi connectivity index (χ4v) is 5.33. The second-order valence-electron chi connectivity index (χ2n) is 7.11. The van der Waals surface area contributed by atoms with Gasteiger partial charge in [0, 0.05) is 39.3 Å². The lowest BCUT2D eigenvalue weighted by Gasteiger charge is -2.28. The van der Waals surface area contributed by atoms with Crippen molar-refractivity contribution in [3.05, 3.63) is 0 Å². The Hall–Kier alpha value is -0.370. The second kappa shape index (κ2) is 17.1. The summed E-state index contributed by atoms with van der Waals surface area (Å²) in [5.41, 5.74) is 0. The third-order valence-electron chi connectivity index (χ3n) is 4.38. The van der Waals surface area contributed by atoms with Gasteiger partial charge in [0.1, 0.15) is 8.22 Å². The highest BCUT2D eigenvalue weighted by molar-refractivity contribution is 14.1. The fraction of sp³-hybridized carbons (Fsp3) is 0.833. The minimum Gasteiger partial charge on any atom is -0.480 e. The summed E-state index contributed by atoms with van der Waals surface area (Å²) in [6, 6.07) is 0. The van der Waals surface area contributed by atoms with Gasteiger partial charge in [0.15, 0.2) is 0 Å². The standard InChI is InChI=1S/C18H31I2N3O9/c19-14-9-22(12-17(26)27)3-7-30-5-1-21(11-16(24)25)2-6-31-8-4-23(13-18(28)29)10-15(20)32-14/h14-15H,1-13H2,(H,24,25)(H,26,27)(H,28,29). The molecule has 32 heavy (non-hydrogen) atoms. The molecule has 1 aliphatic rings. The Bertz CT molecular complexity index is 548. The smallest absolute Gasteiger partial charge is 0.317 e. The molecule has 1 aliphatic heterocycles. The Labute approximate surface area is 214 Å². The van der Waals surface area contributed by atoms with Crippen LogP contribution in [0.15, 0.2) is 0 Å². The van der Waals surface area contributed by atoms with Crippen LogP contribution in [0.5, 0.6) is 0 Å². The molecule has 1 heterocycles. The van der Waals surface area contributed by atoms with Crippen molar-refractivity contribution in [3.8, 4) is 0 Å². The van der Waals surface area contributed by atoms with Gasteiger partial charge in [0.2, 0.25) is 0 Å². The topological polar surface area (TPSA) is 149 Å². The molecule has 1 rings (SSSR count). The summed E-state index contributed by atoms with van der Waals surface area (Å²) < 4.78 is 16.5. The molecule has 0 aromatic rings. The normalized spacial score (nSPS) is 24.9. The number of alkyl halides is 2. The molecule has 0 spiro atoms. The van der Waals surface area contributed by atoms with E-state index in [9.17, 15) is 24.6 Å². The van der Waals surface area contributed by atoms with Crippen LogP contribution in [0, 0.1) is 0 Å². The molecule has 14 heteroatoms. The molecule has 0 amide bonds. The first kappa shape index (κ1) is 29.7. The van der Waals surface area contributed by atoms with Gasteiger partial charge < -0.3 is 29.5 Å². The van der Waals surface area contributed by atoms with Crippen molar-refractivity contribution in [2.75, 3.05) is 85.3 Å². The van der Waals surface area contributed by atoms with Crippen molar-refractivity contribution in [2.24, 2.45) is 0 Å². The van der Waals surface area contributed by atoms with Crippen LogP contribution in [0.2, 0.25) is 0 Å². The molecule has 2 atom stereocenters. The Kier molecular flexibility index (Phi) is 15.9. The number of halogens is 2. The maximum atomic E-state index is 11.2. The maximum absolute atomic E-state index is 11.2. The summed E-state index contributed by atoms with van der Waals surface area (Å²) in [5.74, 6) is -2.86. The number of aliphatic carboxylic acids is 3. The van der Waals surface area contributed by atoms with Gasteiger partial charge in [0.25, 0.3) is 0 Å². The van der Waals surface area contributed by atoms with Gasteiger partial charge in [-0.15, -0.1) is 0 Å². The highest BCUT2D eigenvalue weighted by atomic mass is 127. The summed E-state index contributed by atoms with van der Waals surface area (Å²) in [6.07, 6.45) is 0. The number of ether oxygens (including phenoxy) is 3. The Balaban J connectivity index is 2.79. The predicted molar refractivity (Wildman–Crippen MR) is 131 cm³/mol. The molecule has 12 nitrogen and oxygen atoms in total. The first-order valence-electron chi connectivity index (χ1n) is 10.1. The lowest BCUT2D eigenvalue weighted by Crippen LogP contribution is -2.42. The van der Waals surface area contributed by atoms with Gasteiger partial charge in [-0.3, -0.25) is 29.1 Å². The largest absolute Gasteiger partial charge is 0.480 e. The van der Waals surface area contributed by atoms with Gasteiger partial charge in [-0.05, 0) is 45.2 Å². The predicted octanol–water partition coefficient (Wildman–Crippen LogP) is -0.268. The molecular formula is C18H31I2N3O9. The molecule has 0 aromatic carbocycles. The summed E-state index contributed by atoms with van der Waals surface area (Å²) in [4.78, 5) is 38.6. The number of hydrogen-bond acceptors (Lipinski definition) is 9. The number of carboxylic acid groups (broad SMARTS) is 3. The SMILES string of the molecule is O=C(O)CN1CCOCCN(CC(=O)O)CC(I)OC(I)CN(CC(=O)O)CCOCC1. The highest BCUT2D eigenvalue weighted by Crippen LogP contribution is 2.15. The van der Waals surface area contributed by atoms with Crippen LogP contribution in [0.3, 0.4) is 0 Å². The van der Waals surface area contributed by atoms with Gasteiger partial charge in [-0.2, -0.15) is 0 Å². The van der Waals surface area contributed by atoms with Gasteiger partial charge in [0.05, 0.1) is 46.1 Å². The summed E-state index contributed by atoms with van der Waals surface area (Å²) in [6.45, 7) is 3.03. The van der Waals surface area contributed by atoms with Crippen LogP contribution >= 0.6 is 45.2 Å². The minimum atomic E-state index is -0.956. The fourth-order valence-electron chi connectivity index (χ4n) is 2.94. The van der Waals surface area contributed by atoms with Crippen LogP contribution in [0.25, 0.3) is 0 Å². The first-order valence-corrected chi connectivity index (χ1v) is 12.6. The molecule has 0 radical (unpaired) electrons. The van der Waals surface area contributed by atoms with Crippen LogP contribution in [-0.4, -0.2) is 141 Å². The van der Waals surface area contributed by atoms with E-state index in [-0.39, 0.29) is 27.9 Å². The van der Waals surface area contributed by atoms with Crippen molar-refractivity contribution in [3.63, 3.8) is 0 Å². The molecule has 1 saturated heterocycles. The third-order valence-corrected chi connectivity index (χ3v) is 5.76. The lowest BCUT2D eigenvalue weighted by atomic mass is 10.4. The van der Waals surface area contributed by atoms with Crippen LogP contribution in [0.4, 0.5) is 0 Å². The van der Waals surface area contributed by atoms with Crippen LogP contribution < -0.4 is 0 Å². The minimum absolute atomic E-state index is 0.145. The van der Waals surface area contributed by atoms with Crippen molar-refractivity contribution in [2.45, 2.75) is 8.22 Å². The molecule has 1 fully saturated rings. The highest BCUT2D eigenvalue weighted by Gasteiger charge is 2.21. The monoisotopic (exact) mass is 687 g/mol. The van der Waals surface area contributed by atoms with Crippen molar-refractivity contribution >= 4 is 63.1 Å². The van der Waals surface area contributed by atoms with Crippen LogP contribution in [0.1, 0.15) is 0 Å². The number of carbonyl (C=O) groups is 3. The molecule has 186 valence electrons. The molecular weight excluding hydrogens is 656 g/mol. The number of rotatable bonds is 6. The van der Waals surface area contributed by atoms with E-state index in [1.165, 1.54) is 0 Å². The van der Waals surface area contributed by atoms with E-state index in [1.54, 1.807) is 14.7 Å². The zero-order chi connectivity index (χ0) is 23.9. The van der Waals surface area contributed by atoms with Gasteiger partial charge >= 0.3 is 17.9 Å². The molecule has 0 aromatic heterocycles. The summed E-state index contributed by atoms with van der Waals surface area (Å²) in [5, 5.41) is 27.4. The zero-order valence-electron chi connectivity index (χ0n) is 17.7. The molecule has 0 aliphatic carbocycles. The average molecular weight is 687 g/mol. The third kappa shape index (κ3) is 15.5. The van der Waals surface area contributed by atoms with Crippen molar-refractivity contribution in [1.82, 2.24) is 14.7 Å². The number of hydrogen-bond donors (Lipinski definition) is 3. The Morgan fingerprint density at radius 1 is 0.656 bits per heavy atom. The molecule has 0 bridgehead atoms. The van der Waals surface area contributed by atoms with E-state index < -0.39 is 17.9 Å². The Morgan fingerprint density at radius 2 is 0.969 bits per heavy atom. The molecule has 0 saturated carbocycles. The molecule has 2 unspecified atom stereocenters. The second-order valence-corrected chi connectivity index (χ2v) is 9.89. The van der Waals surface area contributed by atoms with E-state index in [4.69, 9.17) is 19.3 Å². The maximum Gasteiger partial charge on any atom is 0.317 e. The van der Waals surface area contributed by atoms with E-state index in [2.05, 4.69) is 45.2 Å².